The number of amides is 1. The average Bonchev–Trinajstić information content (AvgIpc) is 2.42. The first-order chi connectivity index (χ1) is 9.56. The predicted octanol–water partition coefficient (Wildman–Crippen LogP) is 2.63. The molecule has 1 amide bonds. The summed E-state index contributed by atoms with van der Waals surface area (Å²) in [6.07, 6.45) is 0. The van der Waals surface area contributed by atoms with Crippen LogP contribution in [-0.2, 0) is 4.79 Å². The molecule has 0 aliphatic heterocycles. The lowest BCUT2D eigenvalue weighted by Gasteiger charge is -2.23. The van der Waals surface area contributed by atoms with E-state index in [2.05, 4.69) is 15.9 Å². The Balaban J connectivity index is 2.27. The molecule has 0 heterocycles. The molecule has 0 spiro atoms. The topological polar surface area (TPSA) is 32.8 Å². The fourth-order valence-corrected chi connectivity index (χ4v) is 2.10. The summed E-state index contributed by atoms with van der Waals surface area (Å²) in [7, 11) is 1.94. The molecule has 0 atom stereocenters. The van der Waals surface area contributed by atoms with Gasteiger partial charge in [0.1, 0.15) is 12.4 Å². The third-order valence-electron chi connectivity index (χ3n) is 3.08. The molecule has 20 heavy (non-hydrogen) atoms. The lowest BCUT2D eigenvalue weighted by molar-refractivity contribution is -0.131. The van der Waals surface area contributed by atoms with Crippen molar-refractivity contribution >= 4 is 21.8 Å². The van der Waals surface area contributed by atoms with Crippen LogP contribution in [-0.4, -0.2) is 55.5 Å². The monoisotopic (exact) mass is 342 g/mol. The van der Waals surface area contributed by atoms with E-state index < -0.39 is 0 Å². The van der Waals surface area contributed by atoms with Gasteiger partial charge in [0.05, 0.1) is 6.54 Å². The Morgan fingerprint density at radius 2 is 1.80 bits per heavy atom. The van der Waals surface area contributed by atoms with E-state index in [1.807, 2.05) is 55.0 Å². The molecule has 0 saturated heterocycles. The number of carbonyl (C=O) groups excluding carboxylic acids is 1. The molecule has 5 heteroatoms. The number of hydrogen-bond donors (Lipinski definition) is 0. The van der Waals surface area contributed by atoms with Crippen LogP contribution < -0.4 is 4.74 Å². The van der Waals surface area contributed by atoms with Gasteiger partial charge in [-0.2, -0.15) is 0 Å². The number of hydrogen-bond acceptors (Lipinski definition) is 3. The zero-order valence-electron chi connectivity index (χ0n) is 12.4. The highest BCUT2D eigenvalue weighted by Gasteiger charge is 2.11. The van der Waals surface area contributed by atoms with Crippen molar-refractivity contribution in [3.05, 3.63) is 28.7 Å². The summed E-state index contributed by atoms with van der Waals surface area (Å²) in [6, 6.07) is 7.74. The van der Waals surface area contributed by atoms with E-state index >= 15 is 0 Å². The molecule has 0 fully saturated rings. The molecule has 0 aliphatic rings. The number of benzene rings is 1. The van der Waals surface area contributed by atoms with Gasteiger partial charge < -0.3 is 9.64 Å². The van der Waals surface area contributed by atoms with Gasteiger partial charge in [0.25, 0.3) is 0 Å². The summed E-state index contributed by atoms with van der Waals surface area (Å²) in [5.74, 6) is 1.01. The summed E-state index contributed by atoms with van der Waals surface area (Å²) in [6.45, 7) is 7.26. The van der Waals surface area contributed by atoms with Crippen LogP contribution in [0.3, 0.4) is 0 Å². The van der Waals surface area contributed by atoms with E-state index in [1.165, 1.54) is 0 Å². The van der Waals surface area contributed by atoms with Gasteiger partial charge in [0.2, 0.25) is 5.91 Å². The van der Waals surface area contributed by atoms with Crippen LogP contribution >= 0.6 is 15.9 Å². The standard InChI is InChI=1S/C15H23BrN2O2/c1-4-18(5-2)15(19)12-17(3)10-11-20-14-8-6-13(16)7-9-14/h6-9H,4-5,10-12H2,1-3H3. The Hall–Kier alpha value is -1.07. The molecule has 0 bridgehead atoms. The minimum absolute atomic E-state index is 0.168. The van der Waals surface area contributed by atoms with Gasteiger partial charge in [0.15, 0.2) is 0 Å². The van der Waals surface area contributed by atoms with E-state index in [-0.39, 0.29) is 5.91 Å². The van der Waals surface area contributed by atoms with Crippen molar-refractivity contribution < 1.29 is 9.53 Å². The zero-order chi connectivity index (χ0) is 15.0. The Labute approximate surface area is 129 Å². The van der Waals surface area contributed by atoms with Gasteiger partial charge in [-0.1, -0.05) is 15.9 Å². The number of rotatable bonds is 8. The normalized spacial score (nSPS) is 10.7. The van der Waals surface area contributed by atoms with Crippen molar-refractivity contribution in [3.63, 3.8) is 0 Å². The van der Waals surface area contributed by atoms with Gasteiger partial charge in [-0.3, -0.25) is 9.69 Å². The highest BCUT2D eigenvalue weighted by Crippen LogP contribution is 2.15. The summed E-state index contributed by atoms with van der Waals surface area (Å²) in [4.78, 5) is 15.7. The van der Waals surface area contributed by atoms with E-state index in [0.29, 0.717) is 13.2 Å². The average molecular weight is 343 g/mol. The smallest absolute Gasteiger partial charge is 0.236 e. The van der Waals surface area contributed by atoms with Crippen LogP contribution in [0.4, 0.5) is 0 Å². The molecule has 1 rings (SSSR count). The Morgan fingerprint density at radius 3 is 2.35 bits per heavy atom. The summed E-state index contributed by atoms with van der Waals surface area (Å²) in [5, 5.41) is 0. The Morgan fingerprint density at radius 1 is 1.20 bits per heavy atom. The maximum Gasteiger partial charge on any atom is 0.236 e. The molecule has 1 aromatic carbocycles. The lowest BCUT2D eigenvalue weighted by atomic mass is 10.3. The van der Waals surface area contributed by atoms with Crippen LogP contribution in [0.5, 0.6) is 5.75 Å². The summed E-state index contributed by atoms with van der Waals surface area (Å²) < 4.78 is 6.67. The van der Waals surface area contributed by atoms with Crippen molar-refractivity contribution in [3.8, 4) is 5.75 Å². The molecule has 1 aromatic rings. The Kier molecular flexibility index (Phi) is 7.62. The first-order valence-corrected chi connectivity index (χ1v) is 7.70. The lowest BCUT2D eigenvalue weighted by Crippen LogP contribution is -2.39. The van der Waals surface area contributed by atoms with Crippen molar-refractivity contribution in [2.45, 2.75) is 13.8 Å². The van der Waals surface area contributed by atoms with E-state index in [0.717, 1.165) is 29.9 Å². The van der Waals surface area contributed by atoms with Gasteiger partial charge in [-0.05, 0) is 45.2 Å². The van der Waals surface area contributed by atoms with Crippen LogP contribution in [0.25, 0.3) is 0 Å². The number of likely N-dealkylation sites (N-methyl/N-ethyl adjacent to an activating group) is 2. The molecule has 112 valence electrons. The minimum Gasteiger partial charge on any atom is -0.492 e. The third kappa shape index (κ3) is 5.92. The number of ether oxygens (including phenoxy) is 1. The SMILES string of the molecule is CCN(CC)C(=O)CN(C)CCOc1ccc(Br)cc1. The molecule has 0 aliphatic carbocycles. The van der Waals surface area contributed by atoms with Gasteiger partial charge in [-0.25, -0.2) is 0 Å². The molecular weight excluding hydrogens is 320 g/mol. The molecule has 0 unspecified atom stereocenters. The summed E-state index contributed by atoms with van der Waals surface area (Å²) in [5.41, 5.74) is 0. The van der Waals surface area contributed by atoms with Gasteiger partial charge in [-0.15, -0.1) is 0 Å². The van der Waals surface area contributed by atoms with Crippen LogP contribution in [0.15, 0.2) is 28.7 Å². The number of nitrogens with zero attached hydrogens (tertiary/aromatic N) is 2. The quantitative estimate of drug-likeness (QED) is 0.728. The Bertz CT molecular complexity index is 405. The maximum absolute atomic E-state index is 11.9. The van der Waals surface area contributed by atoms with Crippen molar-refractivity contribution in [1.82, 2.24) is 9.80 Å². The first kappa shape index (κ1) is 17.0. The number of halogens is 1. The molecule has 0 N–H and O–H groups in total. The minimum atomic E-state index is 0.168. The zero-order valence-corrected chi connectivity index (χ0v) is 14.0. The molecule has 0 saturated carbocycles. The molecule has 0 aromatic heterocycles. The fourth-order valence-electron chi connectivity index (χ4n) is 1.84. The third-order valence-corrected chi connectivity index (χ3v) is 3.61. The van der Waals surface area contributed by atoms with E-state index in [9.17, 15) is 4.79 Å². The van der Waals surface area contributed by atoms with Crippen LogP contribution in [0.2, 0.25) is 0 Å². The second kappa shape index (κ2) is 8.97. The van der Waals surface area contributed by atoms with Crippen LogP contribution in [0, 0.1) is 0 Å². The molecule has 0 radical (unpaired) electrons. The van der Waals surface area contributed by atoms with Crippen molar-refractivity contribution in [2.24, 2.45) is 0 Å². The van der Waals surface area contributed by atoms with Crippen molar-refractivity contribution in [1.29, 1.82) is 0 Å². The second-order valence-corrected chi connectivity index (χ2v) is 5.52. The van der Waals surface area contributed by atoms with Gasteiger partial charge >= 0.3 is 0 Å². The highest BCUT2D eigenvalue weighted by molar-refractivity contribution is 9.10. The summed E-state index contributed by atoms with van der Waals surface area (Å²) >= 11 is 3.39. The molecule has 4 nitrogen and oxygen atoms in total. The predicted molar refractivity (Wildman–Crippen MR) is 85.1 cm³/mol. The number of carbonyl (C=O) groups is 1. The largest absolute Gasteiger partial charge is 0.492 e. The van der Waals surface area contributed by atoms with E-state index in [4.69, 9.17) is 4.74 Å². The highest BCUT2D eigenvalue weighted by atomic mass is 79.9. The fraction of sp³-hybridized carbons (Fsp3) is 0.533. The van der Waals surface area contributed by atoms with Crippen molar-refractivity contribution in [2.75, 3.05) is 39.8 Å². The van der Waals surface area contributed by atoms with E-state index in [1.54, 1.807) is 0 Å². The van der Waals surface area contributed by atoms with Crippen LogP contribution in [0.1, 0.15) is 13.8 Å². The maximum atomic E-state index is 11.9. The second-order valence-electron chi connectivity index (χ2n) is 4.61. The first-order valence-electron chi connectivity index (χ1n) is 6.91. The van der Waals surface area contributed by atoms with Gasteiger partial charge in [0, 0.05) is 24.1 Å². The molecular formula is C15H23BrN2O2.